The molecule has 0 spiro atoms. The number of aliphatic carboxylic acids is 1. The highest BCUT2D eigenvalue weighted by molar-refractivity contribution is 5.80. The van der Waals surface area contributed by atoms with Crippen LogP contribution in [0.2, 0.25) is 0 Å². The molecule has 0 bridgehead atoms. The van der Waals surface area contributed by atoms with Crippen LogP contribution in [0, 0.1) is 0 Å². The third-order valence-electron chi connectivity index (χ3n) is 3.09. The molecule has 0 saturated carbocycles. The molecule has 1 aromatic heterocycles. The summed E-state index contributed by atoms with van der Waals surface area (Å²) in [5, 5.41) is 12.6. The highest BCUT2D eigenvalue weighted by atomic mass is 16.4. The van der Waals surface area contributed by atoms with Crippen LogP contribution in [0.5, 0.6) is 0 Å². The van der Waals surface area contributed by atoms with Crippen LogP contribution < -0.4 is 5.32 Å². The SMILES string of the molecule is O=C(O)C1(c2ccco2)CCCNCC1. The van der Waals surface area contributed by atoms with Gasteiger partial charge in [0, 0.05) is 0 Å². The minimum Gasteiger partial charge on any atom is -0.480 e. The summed E-state index contributed by atoms with van der Waals surface area (Å²) >= 11 is 0. The molecule has 4 heteroatoms. The average Bonchev–Trinajstić information content (AvgIpc) is 2.63. The molecular formula is C11H15NO3. The second-order valence-electron chi connectivity index (χ2n) is 3.97. The zero-order chi connectivity index (χ0) is 10.7. The van der Waals surface area contributed by atoms with Crippen LogP contribution in [0.4, 0.5) is 0 Å². The number of carboxylic acids is 1. The average molecular weight is 209 g/mol. The smallest absolute Gasteiger partial charge is 0.317 e. The Balaban J connectivity index is 2.34. The summed E-state index contributed by atoms with van der Waals surface area (Å²) in [5.41, 5.74) is -0.826. The first-order valence-electron chi connectivity index (χ1n) is 5.24. The van der Waals surface area contributed by atoms with Crippen LogP contribution in [0.3, 0.4) is 0 Å². The van der Waals surface area contributed by atoms with E-state index in [0.717, 1.165) is 19.5 Å². The zero-order valence-corrected chi connectivity index (χ0v) is 8.53. The summed E-state index contributed by atoms with van der Waals surface area (Å²) in [7, 11) is 0. The van der Waals surface area contributed by atoms with Gasteiger partial charge in [-0.15, -0.1) is 0 Å². The van der Waals surface area contributed by atoms with E-state index in [2.05, 4.69) is 5.32 Å². The van der Waals surface area contributed by atoms with E-state index < -0.39 is 11.4 Å². The van der Waals surface area contributed by atoms with Crippen molar-refractivity contribution in [1.82, 2.24) is 5.32 Å². The Morgan fingerprint density at radius 2 is 2.33 bits per heavy atom. The molecule has 2 rings (SSSR count). The lowest BCUT2D eigenvalue weighted by Crippen LogP contribution is -2.36. The molecule has 1 atom stereocenters. The highest BCUT2D eigenvalue weighted by Crippen LogP contribution is 2.34. The van der Waals surface area contributed by atoms with Crippen molar-refractivity contribution >= 4 is 5.97 Å². The van der Waals surface area contributed by atoms with Crippen molar-refractivity contribution in [1.29, 1.82) is 0 Å². The second kappa shape index (κ2) is 4.06. The van der Waals surface area contributed by atoms with Gasteiger partial charge in [0.15, 0.2) is 0 Å². The summed E-state index contributed by atoms with van der Waals surface area (Å²) in [5.74, 6) is -0.195. The van der Waals surface area contributed by atoms with Gasteiger partial charge in [-0.05, 0) is 44.5 Å². The van der Waals surface area contributed by atoms with Crippen molar-refractivity contribution in [2.75, 3.05) is 13.1 Å². The topological polar surface area (TPSA) is 62.5 Å². The third-order valence-corrected chi connectivity index (χ3v) is 3.09. The minimum absolute atomic E-state index is 0.582. The van der Waals surface area contributed by atoms with Crippen LogP contribution in [0.1, 0.15) is 25.0 Å². The maximum absolute atomic E-state index is 11.4. The molecule has 0 radical (unpaired) electrons. The molecule has 1 aromatic rings. The van der Waals surface area contributed by atoms with Gasteiger partial charge >= 0.3 is 5.97 Å². The van der Waals surface area contributed by atoms with E-state index in [0.29, 0.717) is 18.6 Å². The summed E-state index contributed by atoms with van der Waals surface area (Å²) in [6, 6.07) is 3.51. The van der Waals surface area contributed by atoms with Crippen LogP contribution in [0.15, 0.2) is 22.8 Å². The first-order valence-corrected chi connectivity index (χ1v) is 5.24. The number of hydrogen-bond donors (Lipinski definition) is 2. The fraction of sp³-hybridized carbons (Fsp3) is 0.545. The largest absolute Gasteiger partial charge is 0.480 e. The van der Waals surface area contributed by atoms with Crippen molar-refractivity contribution in [2.45, 2.75) is 24.7 Å². The molecule has 2 N–H and O–H groups in total. The van der Waals surface area contributed by atoms with Gasteiger partial charge in [0.2, 0.25) is 0 Å². The predicted octanol–water partition coefficient (Wildman–Crippen LogP) is 1.38. The lowest BCUT2D eigenvalue weighted by atomic mass is 9.78. The van der Waals surface area contributed by atoms with Gasteiger partial charge in [-0.25, -0.2) is 0 Å². The standard InChI is InChI=1S/C11H15NO3/c13-10(14)11(9-3-1-8-15-9)4-2-6-12-7-5-11/h1,3,8,12H,2,4-7H2,(H,13,14). The van der Waals surface area contributed by atoms with Crippen molar-refractivity contribution in [3.05, 3.63) is 24.2 Å². The van der Waals surface area contributed by atoms with Gasteiger partial charge in [0.25, 0.3) is 0 Å². The van der Waals surface area contributed by atoms with E-state index in [4.69, 9.17) is 4.42 Å². The number of hydrogen-bond acceptors (Lipinski definition) is 3. The van der Waals surface area contributed by atoms with Gasteiger partial charge in [-0.3, -0.25) is 4.79 Å². The quantitative estimate of drug-likeness (QED) is 0.772. The van der Waals surface area contributed by atoms with Crippen LogP contribution in [-0.4, -0.2) is 24.2 Å². The van der Waals surface area contributed by atoms with Crippen LogP contribution in [-0.2, 0) is 10.2 Å². The Morgan fingerprint density at radius 1 is 1.47 bits per heavy atom. The molecule has 1 aliphatic rings. The van der Waals surface area contributed by atoms with Gasteiger partial charge in [0.1, 0.15) is 11.2 Å². The normalized spacial score (nSPS) is 27.2. The Morgan fingerprint density at radius 3 is 3.00 bits per heavy atom. The van der Waals surface area contributed by atoms with Crippen molar-refractivity contribution < 1.29 is 14.3 Å². The third kappa shape index (κ3) is 1.77. The second-order valence-corrected chi connectivity index (χ2v) is 3.97. The van der Waals surface area contributed by atoms with Gasteiger partial charge in [-0.2, -0.15) is 0 Å². The Hall–Kier alpha value is -1.29. The summed E-state index contributed by atoms with van der Waals surface area (Å²) in [6.45, 7) is 1.61. The van der Waals surface area contributed by atoms with Gasteiger partial charge in [-0.1, -0.05) is 0 Å². The molecule has 0 aromatic carbocycles. The first kappa shape index (κ1) is 10.2. The van der Waals surface area contributed by atoms with E-state index in [9.17, 15) is 9.90 Å². The fourth-order valence-corrected chi connectivity index (χ4v) is 2.18. The van der Waals surface area contributed by atoms with E-state index in [-0.39, 0.29) is 0 Å². The monoisotopic (exact) mass is 209 g/mol. The molecule has 0 amide bonds. The van der Waals surface area contributed by atoms with Gasteiger partial charge < -0.3 is 14.8 Å². The molecule has 1 saturated heterocycles. The molecule has 1 unspecified atom stereocenters. The molecular weight excluding hydrogens is 194 g/mol. The van der Waals surface area contributed by atoms with E-state index >= 15 is 0 Å². The minimum atomic E-state index is -0.826. The van der Waals surface area contributed by atoms with Gasteiger partial charge in [0.05, 0.1) is 6.26 Å². The number of rotatable bonds is 2. The highest BCUT2D eigenvalue weighted by Gasteiger charge is 2.42. The van der Waals surface area contributed by atoms with Crippen molar-refractivity contribution in [3.8, 4) is 0 Å². The molecule has 1 fully saturated rings. The molecule has 2 heterocycles. The summed E-state index contributed by atoms with van der Waals surface area (Å²) in [4.78, 5) is 11.4. The van der Waals surface area contributed by atoms with Crippen LogP contribution >= 0.6 is 0 Å². The Bertz CT molecular complexity index is 324. The fourth-order valence-electron chi connectivity index (χ4n) is 2.18. The maximum Gasteiger partial charge on any atom is 0.317 e. The first-order chi connectivity index (χ1) is 7.26. The number of nitrogens with one attached hydrogen (secondary N) is 1. The molecule has 15 heavy (non-hydrogen) atoms. The summed E-state index contributed by atoms with van der Waals surface area (Å²) < 4.78 is 5.28. The maximum atomic E-state index is 11.4. The lowest BCUT2D eigenvalue weighted by Gasteiger charge is -2.25. The predicted molar refractivity (Wildman–Crippen MR) is 54.7 cm³/mol. The Labute approximate surface area is 88.3 Å². The molecule has 1 aliphatic heterocycles. The molecule has 0 aliphatic carbocycles. The number of furan rings is 1. The lowest BCUT2D eigenvalue weighted by molar-refractivity contribution is -0.145. The molecule has 4 nitrogen and oxygen atoms in total. The van der Waals surface area contributed by atoms with E-state index in [1.54, 1.807) is 18.4 Å². The number of carboxylic acid groups (broad SMARTS) is 1. The van der Waals surface area contributed by atoms with E-state index in [1.165, 1.54) is 0 Å². The van der Waals surface area contributed by atoms with E-state index in [1.807, 2.05) is 0 Å². The summed E-state index contributed by atoms with van der Waals surface area (Å²) in [6.07, 6.45) is 3.64. The van der Waals surface area contributed by atoms with Crippen LogP contribution in [0.25, 0.3) is 0 Å². The van der Waals surface area contributed by atoms with Crippen molar-refractivity contribution in [3.63, 3.8) is 0 Å². The van der Waals surface area contributed by atoms with Crippen molar-refractivity contribution in [2.24, 2.45) is 0 Å². The number of carbonyl (C=O) groups is 1. The Kier molecular flexibility index (Phi) is 2.77. The molecule has 82 valence electrons. The zero-order valence-electron chi connectivity index (χ0n) is 8.53.